The smallest absolute Gasteiger partial charge is 0.253 e. The third-order valence-corrected chi connectivity index (χ3v) is 4.57. The molecular formula is C22H24N2O4. The molecule has 1 aromatic heterocycles. The fourth-order valence-corrected chi connectivity index (χ4v) is 2.89. The number of aryl methyl sites for hydroxylation is 2. The van der Waals surface area contributed by atoms with Gasteiger partial charge >= 0.3 is 0 Å². The second kappa shape index (κ2) is 8.61. The molecule has 0 spiro atoms. The summed E-state index contributed by atoms with van der Waals surface area (Å²) in [5, 5.41) is 3.92. The van der Waals surface area contributed by atoms with Gasteiger partial charge in [-0.05, 0) is 55.8 Å². The lowest BCUT2D eigenvalue weighted by Crippen LogP contribution is -2.26. The first-order chi connectivity index (χ1) is 13.5. The lowest BCUT2D eigenvalue weighted by molar-refractivity contribution is 0.0785. The Balaban J connectivity index is 1.61. The molecule has 6 nitrogen and oxygen atoms in total. The number of carbonyl (C=O) groups excluding carboxylic acids is 1. The molecule has 0 saturated carbocycles. The molecule has 0 atom stereocenters. The van der Waals surface area contributed by atoms with E-state index in [0.717, 1.165) is 28.3 Å². The predicted molar refractivity (Wildman–Crippen MR) is 106 cm³/mol. The van der Waals surface area contributed by atoms with Gasteiger partial charge in [0, 0.05) is 19.2 Å². The highest BCUT2D eigenvalue weighted by Crippen LogP contribution is 2.19. The normalized spacial score (nSPS) is 10.6. The quantitative estimate of drug-likeness (QED) is 0.616. The molecule has 0 N–H and O–H groups in total. The molecule has 0 aliphatic rings. The second-order valence-electron chi connectivity index (χ2n) is 6.63. The van der Waals surface area contributed by atoms with Crippen molar-refractivity contribution in [1.29, 1.82) is 0 Å². The molecule has 2 aromatic carbocycles. The Kier molecular flexibility index (Phi) is 5.99. The van der Waals surface area contributed by atoms with E-state index in [4.69, 9.17) is 14.0 Å². The molecule has 0 bridgehead atoms. The van der Waals surface area contributed by atoms with Crippen LogP contribution in [0.3, 0.4) is 0 Å². The first-order valence-electron chi connectivity index (χ1n) is 9.01. The molecule has 28 heavy (non-hydrogen) atoms. The minimum Gasteiger partial charge on any atom is -0.497 e. The summed E-state index contributed by atoms with van der Waals surface area (Å²) in [7, 11) is 3.41. The number of ether oxygens (including phenoxy) is 2. The van der Waals surface area contributed by atoms with Crippen LogP contribution in [0, 0.1) is 13.8 Å². The number of nitrogens with zero attached hydrogens (tertiary/aromatic N) is 2. The summed E-state index contributed by atoms with van der Waals surface area (Å²) >= 11 is 0. The molecule has 3 aromatic rings. The zero-order chi connectivity index (χ0) is 20.1. The third-order valence-electron chi connectivity index (χ3n) is 4.57. The Morgan fingerprint density at radius 3 is 2.50 bits per heavy atom. The summed E-state index contributed by atoms with van der Waals surface area (Å²) in [6.07, 6.45) is 0. The van der Waals surface area contributed by atoms with E-state index in [1.165, 1.54) is 0 Å². The van der Waals surface area contributed by atoms with Crippen LogP contribution in [0.1, 0.15) is 32.9 Å². The van der Waals surface area contributed by atoms with Gasteiger partial charge in [0.25, 0.3) is 5.91 Å². The Bertz CT molecular complexity index is 928. The first-order valence-corrected chi connectivity index (χ1v) is 9.01. The molecule has 0 fully saturated rings. The van der Waals surface area contributed by atoms with Gasteiger partial charge in [-0.2, -0.15) is 0 Å². The zero-order valence-electron chi connectivity index (χ0n) is 16.6. The number of hydrogen-bond donors (Lipinski definition) is 0. The van der Waals surface area contributed by atoms with Gasteiger partial charge in [-0.25, -0.2) is 0 Å². The zero-order valence-corrected chi connectivity index (χ0v) is 16.6. The van der Waals surface area contributed by atoms with Crippen LogP contribution in [0.4, 0.5) is 0 Å². The van der Waals surface area contributed by atoms with Crippen LogP contribution in [0.2, 0.25) is 0 Å². The average molecular weight is 380 g/mol. The lowest BCUT2D eigenvalue weighted by atomic mass is 10.1. The molecule has 0 unspecified atom stereocenters. The van der Waals surface area contributed by atoms with Crippen molar-refractivity contribution in [2.45, 2.75) is 27.0 Å². The van der Waals surface area contributed by atoms with E-state index < -0.39 is 0 Å². The molecule has 1 heterocycles. The van der Waals surface area contributed by atoms with Gasteiger partial charge in [-0.1, -0.05) is 17.3 Å². The van der Waals surface area contributed by atoms with Gasteiger partial charge in [-0.15, -0.1) is 0 Å². The molecule has 1 amide bonds. The SMILES string of the molecule is COc1cccc(CN(C)C(=O)c2ccc(OCc3c(C)noc3C)cc2)c1. The fourth-order valence-electron chi connectivity index (χ4n) is 2.89. The van der Waals surface area contributed by atoms with Crippen LogP contribution >= 0.6 is 0 Å². The van der Waals surface area contributed by atoms with Crippen LogP contribution < -0.4 is 9.47 Å². The van der Waals surface area contributed by atoms with Gasteiger partial charge in [-0.3, -0.25) is 4.79 Å². The van der Waals surface area contributed by atoms with Gasteiger partial charge in [0.1, 0.15) is 23.9 Å². The summed E-state index contributed by atoms with van der Waals surface area (Å²) in [4.78, 5) is 14.4. The second-order valence-corrected chi connectivity index (χ2v) is 6.63. The van der Waals surface area contributed by atoms with Crippen molar-refractivity contribution in [3.8, 4) is 11.5 Å². The summed E-state index contributed by atoms with van der Waals surface area (Å²) < 4.78 is 16.2. The molecule has 146 valence electrons. The molecule has 3 rings (SSSR count). The molecule has 0 aliphatic heterocycles. The van der Waals surface area contributed by atoms with Crippen molar-refractivity contribution >= 4 is 5.91 Å². The summed E-state index contributed by atoms with van der Waals surface area (Å²) in [5.74, 6) is 2.16. The lowest BCUT2D eigenvalue weighted by Gasteiger charge is -2.18. The van der Waals surface area contributed by atoms with Crippen molar-refractivity contribution < 1.29 is 18.8 Å². The molecule has 0 saturated heterocycles. The number of methoxy groups -OCH3 is 1. The number of rotatable bonds is 7. The first kappa shape index (κ1) is 19.5. The number of hydrogen-bond acceptors (Lipinski definition) is 5. The third kappa shape index (κ3) is 4.52. The standard InChI is InChI=1S/C22H24N2O4/c1-15-21(16(2)28-23-15)14-27-19-10-8-18(9-11-19)22(25)24(3)13-17-6-5-7-20(12-17)26-4/h5-12H,13-14H2,1-4H3. The minimum atomic E-state index is -0.0555. The van der Waals surface area contributed by atoms with E-state index in [1.807, 2.05) is 38.1 Å². The van der Waals surface area contributed by atoms with Crippen LogP contribution in [0.15, 0.2) is 53.1 Å². The molecule has 0 radical (unpaired) electrons. The molecule has 6 heteroatoms. The van der Waals surface area contributed by atoms with Crippen molar-refractivity contribution in [2.75, 3.05) is 14.2 Å². The number of benzene rings is 2. The highest BCUT2D eigenvalue weighted by Gasteiger charge is 2.13. The van der Waals surface area contributed by atoms with Crippen LogP contribution in [0.25, 0.3) is 0 Å². The van der Waals surface area contributed by atoms with Gasteiger partial charge in [0.05, 0.1) is 18.4 Å². The van der Waals surface area contributed by atoms with E-state index in [9.17, 15) is 4.79 Å². The summed E-state index contributed by atoms with van der Waals surface area (Å²) in [5.41, 5.74) is 3.38. The predicted octanol–water partition coefficient (Wildman–Crippen LogP) is 4.15. The van der Waals surface area contributed by atoms with E-state index in [1.54, 1.807) is 43.3 Å². The average Bonchev–Trinajstić information content (AvgIpc) is 3.04. The van der Waals surface area contributed by atoms with Gasteiger partial charge in [0.2, 0.25) is 0 Å². The Labute approximate surface area is 164 Å². The fraction of sp³-hybridized carbons (Fsp3) is 0.273. The number of carbonyl (C=O) groups is 1. The highest BCUT2D eigenvalue weighted by molar-refractivity contribution is 5.94. The van der Waals surface area contributed by atoms with Crippen LogP contribution in [-0.4, -0.2) is 30.1 Å². The van der Waals surface area contributed by atoms with Gasteiger partial charge in [0.15, 0.2) is 0 Å². The van der Waals surface area contributed by atoms with E-state index in [-0.39, 0.29) is 5.91 Å². The van der Waals surface area contributed by atoms with Crippen molar-refractivity contribution in [2.24, 2.45) is 0 Å². The monoisotopic (exact) mass is 380 g/mol. The summed E-state index contributed by atoms with van der Waals surface area (Å²) in [6, 6.07) is 14.8. The number of amides is 1. The van der Waals surface area contributed by atoms with Crippen LogP contribution in [-0.2, 0) is 13.2 Å². The number of aromatic nitrogens is 1. The maximum Gasteiger partial charge on any atom is 0.253 e. The Morgan fingerprint density at radius 1 is 1.11 bits per heavy atom. The molecule has 0 aliphatic carbocycles. The van der Waals surface area contributed by atoms with Gasteiger partial charge < -0.3 is 18.9 Å². The van der Waals surface area contributed by atoms with Crippen molar-refractivity contribution in [3.63, 3.8) is 0 Å². The van der Waals surface area contributed by atoms with Crippen LogP contribution in [0.5, 0.6) is 11.5 Å². The van der Waals surface area contributed by atoms with E-state index >= 15 is 0 Å². The summed E-state index contributed by atoms with van der Waals surface area (Å²) in [6.45, 7) is 4.62. The van der Waals surface area contributed by atoms with Crippen molar-refractivity contribution in [1.82, 2.24) is 10.1 Å². The Morgan fingerprint density at radius 2 is 1.86 bits per heavy atom. The van der Waals surface area contributed by atoms with E-state index in [0.29, 0.717) is 24.5 Å². The topological polar surface area (TPSA) is 64.8 Å². The maximum absolute atomic E-state index is 12.7. The Hall–Kier alpha value is -3.28. The molecular weight excluding hydrogens is 356 g/mol. The highest BCUT2D eigenvalue weighted by atomic mass is 16.5. The minimum absolute atomic E-state index is 0.0555. The largest absolute Gasteiger partial charge is 0.497 e. The van der Waals surface area contributed by atoms with E-state index in [2.05, 4.69) is 5.16 Å². The maximum atomic E-state index is 12.7. The van der Waals surface area contributed by atoms with Crippen molar-refractivity contribution in [3.05, 3.63) is 76.7 Å².